The van der Waals surface area contributed by atoms with Crippen LogP contribution in [-0.4, -0.2) is 0 Å². The highest BCUT2D eigenvalue weighted by molar-refractivity contribution is 5.82. The van der Waals surface area contributed by atoms with Crippen LogP contribution < -0.4 is 0 Å². The lowest BCUT2D eigenvalue weighted by Gasteiger charge is -1.99. The zero-order chi connectivity index (χ0) is 9.26. The Morgan fingerprint density at radius 1 is 1.08 bits per heavy atom. The number of aryl methyl sites for hydroxylation is 1. The second-order valence-electron chi connectivity index (χ2n) is 2.90. The van der Waals surface area contributed by atoms with Gasteiger partial charge in [-0.15, -0.1) is 0 Å². The van der Waals surface area contributed by atoms with E-state index in [0.29, 0.717) is 0 Å². The number of benzene rings is 2. The Hall–Kier alpha value is -1.30. The van der Waals surface area contributed by atoms with Crippen LogP contribution in [0.25, 0.3) is 10.8 Å². The Morgan fingerprint density at radius 2 is 1.83 bits per heavy atom. The number of fused-ring (bicyclic) bond motifs is 1. The molecule has 1 unspecified atom stereocenters. The fraction of sp³-hybridized carbons (Fsp3) is 0.167. The molecule has 0 fully saturated rings. The van der Waals surface area contributed by atoms with Gasteiger partial charge in [-0.25, -0.2) is 0 Å². The quantitative estimate of drug-likeness (QED) is 0.595. The van der Waals surface area contributed by atoms with E-state index in [1.54, 1.807) is 0 Å². The van der Waals surface area contributed by atoms with E-state index >= 15 is 0 Å². The molecule has 0 nitrogen and oxygen atoms in total. The molecule has 2 aromatic rings. The van der Waals surface area contributed by atoms with Crippen LogP contribution >= 0.6 is 0 Å². The van der Waals surface area contributed by atoms with Crippen molar-refractivity contribution in [3.8, 4) is 0 Å². The van der Waals surface area contributed by atoms with Crippen molar-refractivity contribution in [3.63, 3.8) is 0 Å². The summed E-state index contributed by atoms with van der Waals surface area (Å²) in [6.07, 6.45) is -0.135. The third-order valence-electron chi connectivity index (χ3n) is 2.11. The van der Waals surface area contributed by atoms with Crippen LogP contribution in [-0.2, 0) is 6.40 Å². The van der Waals surface area contributed by atoms with Crippen molar-refractivity contribution in [2.75, 3.05) is 0 Å². The molecule has 60 valence electrons. The molecule has 0 N–H and O–H groups in total. The molecule has 0 bridgehead atoms. The third kappa shape index (κ3) is 1.20. The third-order valence-corrected chi connectivity index (χ3v) is 2.11. The average molecular weight is 157 g/mol. The van der Waals surface area contributed by atoms with Crippen molar-refractivity contribution in [1.29, 1.82) is 0 Å². The minimum atomic E-state index is -0.135. The van der Waals surface area contributed by atoms with Gasteiger partial charge in [0.05, 0.1) is 0 Å². The van der Waals surface area contributed by atoms with Gasteiger partial charge in [0.25, 0.3) is 0 Å². The standard InChI is InChI=1S/C12H12/c1-2-10-7-8-11-5-3-4-6-12(11)9-10/h3-9H,2H2,1H3/i2D. The first-order chi connectivity index (χ1) is 6.27. The maximum atomic E-state index is 7.59. The fourth-order valence-corrected chi connectivity index (χ4v) is 1.39. The topological polar surface area (TPSA) is 0 Å². The van der Waals surface area contributed by atoms with E-state index in [2.05, 4.69) is 24.3 Å². The molecule has 0 aliphatic heterocycles. The molecule has 1 atom stereocenters. The van der Waals surface area contributed by atoms with Crippen molar-refractivity contribution in [2.24, 2.45) is 0 Å². The van der Waals surface area contributed by atoms with Crippen LogP contribution in [0.2, 0.25) is 0 Å². The van der Waals surface area contributed by atoms with Crippen molar-refractivity contribution in [2.45, 2.75) is 13.3 Å². The zero-order valence-electron chi connectivity index (χ0n) is 8.12. The Morgan fingerprint density at radius 3 is 2.58 bits per heavy atom. The fourth-order valence-electron chi connectivity index (χ4n) is 1.39. The van der Waals surface area contributed by atoms with Gasteiger partial charge in [-0.2, -0.15) is 0 Å². The van der Waals surface area contributed by atoms with Crippen LogP contribution in [0.5, 0.6) is 0 Å². The van der Waals surface area contributed by atoms with E-state index in [1.807, 2.05) is 25.1 Å². The van der Waals surface area contributed by atoms with Crippen molar-refractivity contribution < 1.29 is 1.37 Å². The Labute approximate surface area is 74.2 Å². The smallest absolute Gasteiger partial charge is 0.0313 e. The minimum Gasteiger partial charge on any atom is -0.0616 e. The highest BCUT2D eigenvalue weighted by Crippen LogP contribution is 2.15. The maximum absolute atomic E-state index is 7.59. The molecule has 0 aliphatic carbocycles. The Balaban J connectivity index is 2.62. The van der Waals surface area contributed by atoms with E-state index in [-0.39, 0.29) is 6.40 Å². The summed E-state index contributed by atoms with van der Waals surface area (Å²) >= 11 is 0. The molecule has 2 aromatic carbocycles. The number of hydrogen-bond donors (Lipinski definition) is 0. The summed E-state index contributed by atoms with van der Waals surface area (Å²) in [5.74, 6) is 0. The first kappa shape index (κ1) is 6.24. The minimum absolute atomic E-state index is 0.135. The van der Waals surface area contributed by atoms with Gasteiger partial charge in [0.2, 0.25) is 0 Å². The highest BCUT2D eigenvalue weighted by Gasteiger charge is 1.92. The van der Waals surface area contributed by atoms with Crippen LogP contribution in [0.15, 0.2) is 42.5 Å². The lowest BCUT2D eigenvalue weighted by Crippen LogP contribution is -1.79. The van der Waals surface area contributed by atoms with Crippen molar-refractivity contribution >= 4 is 10.8 Å². The molecule has 0 spiro atoms. The summed E-state index contributed by atoms with van der Waals surface area (Å²) < 4.78 is 7.59. The predicted molar refractivity (Wildman–Crippen MR) is 53.3 cm³/mol. The Bertz CT molecular complexity index is 418. The summed E-state index contributed by atoms with van der Waals surface area (Å²) in [6, 6.07) is 14.4. The van der Waals surface area contributed by atoms with Gasteiger partial charge < -0.3 is 0 Å². The first-order valence-corrected chi connectivity index (χ1v) is 4.18. The van der Waals surface area contributed by atoms with Crippen LogP contribution in [0, 0.1) is 0 Å². The molecule has 0 aliphatic rings. The highest BCUT2D eigenvalue weighted by atomic mass is 14.0. The van der Waals surface area contributed by atoms with Crippen molar-refractivity contribution in [3.05, 3.63) is 48.0 Å². The molecular weight excluding hydrogens is 144 g/mol. The summed E-state index contributed by atoms with van der Waals surface area (Å²) in [6.45, 7) is 1.89. The van der Waals surface area contributed by atoms with Crippen LogP contribution in [0.1, 0.15) is 13.9 Å². The second kappa shape index (κ2) is 2.98. The van der Waals surface area contributed by atoms with E-state index < -0.39 is 0 Å². The molecule has 0 aromatic heterocycles. The summed E-state index contributed by atoms with van der Waals surface area (Å²) in [5, 5.41) is 2.46. The average Bonchev–Trinajstić information content (AvgIpc) is 2.17. The first-order valence-electron chi connectivity index (χ1n) is 4.76. The van der Waals surface area contributed by atoms with Gasteiger partial charge in [-0.3, -0.25) is 0 Å². The van der Waals surface area contributed by atoms with Gasteiger partial charge in [0.15, 0.2) is 0 Å². The monoisotopic (exact) mass is 157 g/mol. The largest absolute Gasteiger partial charge is 0.0616 e. The second-order valence-corrected chi connectivity index (χ2v) is 2.90. The molecule has 0 heterocycles. The molecule has 0 heteroatoms. The molecule has 0 amide bonds. The Kier molecular flexibility index (Phi) is 1.55. The molecule has 0 saturated carbocycles. The van der Waals surface area contributed by atoms with Crippen LogP contribution in [0.4, 0.5) is 0 Å². The van der Waals surface area contributed by atoms with Gasteiger partial charge in [-0.1, -0.05) is 49.4 Å². The molecule has 0 saturated heterocycles. The van der Waals surface area contributed by atoms with Crippen LogP contribution in [0.3, 0.4) is 0 Å². The molecular formula is C12H12. The maximum Gasteiger partial charge on any atom is 0.0313 e. The van der Waals surface area contributed by atoms with E-state index in [9.17, 15) is 0 Å². The van der Waals surface area contributed by atoms with Gasteiger partial charge in [-0.05, 0) is 22.7 Å². The number of rotatable bonds is 1. The zero-order valence-corrected chi connectivity index (χ0v) is 7.12. The molecule has 12 heavy (non-hydrogen) atoms. The van der Waals surface area contributed by atoms with Gasteiger partial charge in [0.1, 0.15) is 0 Å². The lowest BCUT2D eigenvalue weighted by molar-refractivity contribution is 1.15. The predicted octanol–water partition coefficient (Wildman–Crippen LogP) is 3.40. The van der Waals surface area contributed by atoms with Gasteiger partial charge in [0, 0.05) is 1.37 Å². The van der Waals surface area contributed by atoms with E-state index in [1.165, 1.54) is 10.8 Å². The van der Waals surface area contributed by atoms with E-state index in [4.69, 9.17) is 1.37 Å². The lowest BCUT2D eigenvalue weighted by atomic mass is 10.1. The summed E-state index contributed by atoms with van der Waals surface area (Å²) in [5.41, 5.74) is 1.08. The number of hydrogen-bond acceptors (Lipinski definition) is 0. The summed E-state index contributed by atoms with van der Waals surface area (Å²) in [7, 11) is 0. The SMILES string of the molecule is [2H]C(C)c1ccc2ccccc2c1. The van der Waals surface area contributed by atoms with Crippen molar-refractivity contribution in [1.82, 2.24) is 0 Å². The molecule has 0 radical (unpaired) electrons. The molecule has 2 rings (SSSR count). The normalized spacial score (nSPS) is 14.2. The van der Waals surface area contributed by atoms with E-state index in [0.717, 1.165) is 5.56 Å². The van der Waals surface area contributed by atoms with Gasteiger partial charge >= 0.3 is 0 Å². The summed E-state index contributed by atoms with van der Waals surface area (Å²) in [4.78, 5) is 0.